The van der Waals surface area contributed by atoms with Crippen molar-refractivity contribution >= 4 is 33.4 Å². The normalized spacial score (nSPS) is 15.4. The molecule has 2 aromatic rings. The van der Waals surface area contributed by atoms with Gasteiger partial charge >= 0.3 is 0 Å². The van der Waals surface area contributed by atoms with E-state index >= 15 is 0 Å². The van der Waals surface area contributed by atoms with Gasteiger partial charge in [0.25, 0.3) is 0 Å². The first kappa shape index (κ1) is 20.9. The SMILES string of the molecule is CN(c1ccccc1)C1CCN(C(=O)/C=C/c2ccc(NS(C)(=O)=O)cc2)CC1. The maximum atomic E-state index is 12.5. The molecular weight excluding hydrogens is 386 g/mol. The molecule has 1 heterocycles. The molecule has 1 aliphatic heterocycles. The molecule has 1 fully saturated rings. The third kappa shape index (κ3) is 6.09. The van der Waals surface area contributed by atoms with Crippen molar-refractivity contribution in [1.29, 1.82) is 0 Å². The summed E-state index contributed by atoms with van der Waals surface area (Å²) in [6.07, 6.45) is 6.34. The molecule has 0 saturated carbocycles. The lowest BCUT2D eigenvalue weighted by Crippen LogP contribution is -2.45. The van der Waals surface area contributed by atoms with Gasteiger partial charge in [0.05, 0.1) is 6.26 Å². The van der Waals surface area contributed by atoms with Crippen LogP contribution in [0.2, 0.25) is 0 Å². The van der Waals surface area contributed by atoms with Crippen LogP contribution in [0.5, 0.6) is 0 Å². The molecule has 0 bridgehead atoms. The largest absolute Gasteiger partial charge is 0.371 e. The van der Waals surface area contributed by atoms with Crippen LogP contribution in [0.1, 0.15) is 18.4 Å². The van der Waals surface area contributed by atoms with Gasteiger partial charge in [0.2, 0.25) is 15.9 Å². The number of nitrogens with zero attached hydrogens (tertiary/aromatic N) is 2. The first-order valence-electron chi connectivity index (χ1n) is 9.64. The van der Waals surface area contributed by atoms with Crippen LogP contribution in [-0.2, 0) is 14.8 Å². The van der Waals surface area contributed by atoms with E-state index in [4.69, 9.17) is 0 Å². The fourth-order valence-electron chi connectivity index (χ4n) is 3.50. The summed E-state index contributed by atoms with van der Waals surface area (Å²) in [4.78, 5) is 16.7. The van der Waals surface area contributed by atoms with E-state index in [9.17, 15) is 13.2 Å². The lowest BCUT2D eigenvalue weighted by atomic mass is 10.0. The molecule has 6 nitrogen and oxygen atoms in total. The van der Waals surface area contributed by atoms with E-state index in [0.29, 0.717) is 11.7 Å². The number of piperidine rings is 1. The zero-order valence-corrected chi connectivity index (χ0v) is 17.6. The molecule has 7 heteroatoms. The number of rotatable bonds is 6. The minimum absolute atomic E-state index is 0.00384. The highest BCUT2D eigenvalue weighted by molar-refractivity contribution is 7.92. The minimum Gasteiger partial charge on any atom is -0.371 e. The van der Waals surface area contributed by atoms with Gasteiger partial charge in [0.1, 0.15) is 0 Å². The molecule has 29 heavy (non-hydrogen) atoms. The van der Waals surface area contributed by atoms with Crippen molar-refractivity contribution in [3.05, 3.63) is 66.2 Å². The van der Waals surface area contributed by atoms with Crippen LogP contribution >= 0.6 is 0 Å². The molecule has 1 N–H and O–H groups in total. The van der Waals surface area contributed by atoms with Gasteiger partial charge < -0.3 is 9.80 Å². The summed E-state index contributed by atoms with van der Waals surface area (Å²) >= 11 is 0. The molecule has 1 saturated heterocycles. The van der Waals surface area contributed by atoms with E-state index in [1.54, 1.807) is 36.4 Å². The Morgan fingerprint density at radius 3 is 2.28 bits per heavy atom. The Bertz CT molecular complexity index is 949. The number of likely N-dealkylation sites (tertiary alicyclic amines) is 1. The van der Waals surface area contributed by atoms with Crippen LogP contribution in [0, 0.1) is 0 Å². The Kier molecular flexibility index (Phi) is 6.59. The van der Waals surface area contributed by atoms with Gasteiger partial charge in [-0.2, -0.15) is 0 Å². The Balaban J connectivity index is 1.52. The highest BCUT2D eigenvalue weighted by atomic mass is 32.2. The number of sulfonamides is 1. The molecule has 0 aliphatic carbocycles. The van der Waals surface area contributed by atoms with Crippen molar-refractivity contribution in [2.45, 2.75) is 18.9 Å². The van der Waals surface area contributed by atoms with Gasteiger partial charge in [-0.05, 0) is 48.7 Å². The number of nitrogens with one attached hydrogen (secondary N) is 1. The number of hydrogen-bond acceptors (Lipinski definition) is 4. The molecule has 0 spiro atoms. The van der Waals surface area contributed by atoms with Crippen LogP contribution in [0.4, 0.5) is 11.4 Å². The van der Waals surface area contributed by atoms with Crippen molar-refractivity contribution in [3.8, 4) is 0 Å². The third-order valence-corrected chi connectivity index (χ3v) is 5.73. The second-order valence-electron chi connectivity index (χ2n) is 7.33. The van der Waals surface area contributed by atoms with Crippen molar-refractivity contribution in [1.82, 2.24) is 4.90 Å². The first-order valence-corrected chi connectivity index (χ1v) is 11.5. The Hall–Kier alpha value is -2.80. The maximum absolute atomic E-state index is 12.5. The van der Waals surface area contributed by atoms with E-state index in [2.05, 4.69) is 28.8 Å². The van der Waals surface area contributed by atoms with Crippen molar-refractivity contribution in [2.24, 2.45) is 0 Å². The van der Waals surface area contributed by atoms with Gasteiger partial charge in [-0.15, -0.1) is 0 Å². The topological polar surface area (TPSA) is 69.7 Å². The number of carbonyl (C=O) groups excluding carboxylic acids is 1. The smallest absolute Gasteiger partial charge is 0.246 e. The Morgan fingerprint density at radius 2 is 1.69 bits per heavy atom. The van der Waals surface area contributed by atoms with E-state index in [1.165, 1.54) is 5.69 Å². The highest BCUT2D eigenvalue weighted by Crippen LogP contribution is 2.22. The van der Waals surface area contributed by atoms with Gasteiger partial charge in [-0.25, -0.2) is 8.42 Å². The third-order valence-electron chi connectivity index (χ3n) is 5.12. The first-order chi connectivity index (χ1) is 13.8. The number of carbonyl (C=O) groups is 1. The maximum Gasteiger partial charge on any atom is 0.246 e. The summed E-state index contributed by atoms with van der Waals surface area (Å²) in [5.41, 5.74) is 2.54. The monoisotopic (exact) mass is 413 g/mol. The zero-order valence-electron chi connectivity index (χ0n) is 16.8. The average molecular weight is 414 g/mol. The lowest BCUT2D eigenvalue weighted by Gasteiger charge is -2.37. The predicted octanol–water partition coefficient (Wildman–Crippen LogP) is 3.20. The summed E-state index contributed by atoms with van der Waals surface area (Å²) in [6, 6.07) is 17.6. The number of benzene rings is 2. The molecule has 0 aromatic heterocycles. The van der Waals surface area contributed by atoms with Crippen molar-refractivity contribution < 1.29 is 13.2 Å². The van der Waals surface area contributed by atoms with Crippen LogP contribution < -0.4 is 9.62 Å². The second kappa shape index (κ2) is 9.13. The zero-order chi connectivity index (χ0) is 20.9. The molecule has 154 valence electrons. The second-order valence-corrected chi connectivity index (χ2v) is 9.08. The average Bonchev–Trinajstić information content (AvgIpc) is 2.72. The molecule has 2 aromatic carbocycles. The molecular formula is C22H27N3O3S. The van der Waals surface area contributed by atoms with Crippen LogP contribution in [0.15, 0.2) is 60.7 Å². The fraction of sp³-hybridized carbons (Fsp3) is 0.318. The van der Waals surface area contributed by atoms with Crippen molar-refractivity contribution in [2.75, 3.05) is 36.0 Å². The van der Waals surface area contributed by atoms with Crippen molar-refractivity contribution in [3.63, 3.8) is 0 Å². The van der Waals surface area contributed by atoms with Crippen LogP contribution in [0.25, 0.3) is 6.08 Å². The Morgan fingerprint density at radius 1 is 1.07 bits per heavy atom. The number of amides is 1. The van der Waals surface area contributed by atoms with E-state index in [-0.39, 0.29) is 5.91 Å². The summed E-state index contributed by atoms with van der Waals surface area (Å²) in [5.74, 6) is 0.00384. The summed E-state index contributed by atoms with van der Waals surface area (Å²) in [5, 5.41) is 0. The molecule has 0 radical (unpaired) electrons. The van der Waals surface area contributed by atoms with Gasteiger partial charge in [0, 0.05) is 43.6 Å². The van der Waals surface area contributed by atoms with E-state index < -0.39 is 10.0 Å². The fourth-order valence-corrected chi connectivity index (χ4v) is 4.06. The molecule has 1 aliphatic rings. The standard InChI is InChI=1S/C22H27N3O3S/c1-24(20-6-4-3-5-7-20)21-14-16-25(17-15-21)22(26)13-10-18-8-11-19(12-9-18)23-29(2,27)28/h3-13,21,23H,14-17H2,1-2H3/b13-10+. The lowest BCUT2D eigenvalue weighted by molar-refractivity contribution is -0.126. The number of anilines is 2. The minimum atomic E-state index is -3.29. The summed E-state index contributed by atoms with van der Waals surface area (Å²) in [6.45, 7) is 1.48. The summed E-state index contributed by atoms with van der Waals surface area (Å²) in [7, 11) is -1.18. The van der Waals surface area contributed by atoms with Crippen LogP contribution in [-0.4, -0.2) is 51.7 Å². The van der Waals surface area contributed by atoms with Gasteiger partial charge in [-0.3, -0.25) is 9.52 Å². The van der Waals surface area contributed by atoms with Gasteiger partial charge in [-0.1, -0.05) is 30.3 Å². The summed E-state index contributed by atoms with van der Waals surface area (Å²) < 4.78 is 24.9. The predicted molar refractivity (Wildman–Crippen MR) is 118 cm³/mol. The quantitative estimate of drug-likeness (QED) is 0.739. The van der Waals surface area contributed by atoms with Crippen LogP contribution in [0.3, 0.4) is 0 Å². The number of para-hydroxylation sites is 1. The molecule has 0 unspecified atom stereocenters. The highest BCUT2D eigenvalue weighted by Gasteiger charge is 2.24. The molecule has 1 amide bonds. The molecule has 0 atom stereocenters. The number of hydrogen-bond donors (Lipinski definition) is 1. The van der Waals surface area contributed by atoms with Gasteiger partial charge in [0.15, 0.2) is 0 Å². The van der Waals surface area contributed by atoms with E-state index in [0.717, 1.165) is 37.8 Å². The Labute approximate surface area is 172 Å². The van der Waals surface area contributed by atoms with E-state index in [1.807, 2.05) is 23.1 Å². The molecule has 3 rings (SSSR count).